The second-order valence-electron chi connectivity index (χ2n) is 5.36. The molecule has 25 heavy (non-hydrogen) atoms. The van der Waals surface area contributed by atoms with Gasteiger partial charge in [0.05, 0.1) is 0 Å². The molecule has 0 spiro atoms. The summed E-state index contributed by atoms with van der Waals surface area (Å²) in [4.78, 5) is 0. The van der Waals surface area contributed by atoms with E-state index in [4.69, 9.17) is 0 Å². The van der Waals surface area contributed by atoms with Crippen LogP contribution in [0.25, 0.3) is 11.1 Å². The average Bonchev–Trinajstić information content (AvgIpc) is 2.67. The van der Waals surface area contributed by atoms with Crippen molar-refractivity contribution in [1.29, 1.82) is 0 Å². The van der Waals surface area contributed by atoms with Crippen LogP contribution in [0.1, 0.15) is 0 Å². The van der Waals surface area contributed by atoms with Crippen LogP contribution in [0, 0.1) is 0 Å². The molecule has 2 aromatic carbocycles. The third-order valence-electron chi connectivity index (χ3n) is 3.61. The van der Waals surface area contributed by atoms with E-state index in [-0.39, 0.29) is 0 Å². The lowest BCUT2D eigenvalue weighted by molar-refractivity contribution is 1.47. The molecule has 0 amide bonds. The van der Waals surface area contributed by atoms with Gasteiger partial charge in [0.1, 0.15) is 0 Å². The summed E-state index contributed by atoms with van der Waals surface area (Å²) in [6, 6.07) is 18.7. The minimum Gasteiger partial charge on any atom is -0.356 e. The summed E-state index contributed by atoms with van der Waals surface area (Å²) < 4.78 is 0. The summed E-state index contributed by atoms with van der Waals surface area (Å²) in [7, 11) is 0. The van der Waals surface area contributed by atoms with Gasteiger partial charge in [-0.05, 0) is 41.0 Å². The molecule has 0 heterocycles. The third-order valence-corrected chi connectivity index (χ3v) is 3.61. The zero-order valence-electron chi connectivity index (χ0n) is 14.4. The number of rotatable bonds is 8. The van der Waals surface area contributed by atoms with E-state index in [2.05, 4.69) is 61.5 Å². The van der Waals surface area contributed by atoms with E-state index in [0.717, 1.165) is 17.0 Å². The van der Waals surface area contributed by atoms with Crippen molar-refractivity contribution in [2.24, 2.45) is 0 Å². The van der Waals surface area contributed by atoms with E-state index in [9.17, 15) is 0 Å². The highest BCUT2D eigenvalue weighted by Gasteiger charge is 1.98. The number of hydrogen-bond donors (Lipinski definition) is 1. The van der Waals surface area contributed by atoms with E-state index in [1.165, 1.54) is 11.1 Å². The Morgan fingerprint density at radius 3 is 2.04 bits per heavy atom. The molecule has 0 radical (unpaired) electrons. The average molecular weight is 325 g/mol. The molecule has 124 valence electrons. The Kier molecular flexibility index (Phi) is 7.02. The molecule has 0 atom stereocenters. The molecule has 2 aromatic rings. The highest BCUT2D eigenvalue weighted by Crippen LogP contribution is 2.21. The Bertz CT molecular complexity index is 803. The normalized spacial score (nSPS) is 12.0. The van der Waals surface area contributed by atoms with Crippen molar-refractivity contribution in [2.75, 3.05) is 5.32 Å². The highest BCUT2D eigenvalue weighted by atomic mass is 14.9. The summed E-state index contributed by atoms with van der Waals surface area (Å²) in [6.45, 7) is 11.3. The Balaban J connectivity index is 2.08. The van der Waals surface area contributed by atoms with Gasteiger partial charge in [-0.15, -0.1) is 0 Å². The number of allylic oxidation sites excluding steroid dienone is 8. The standard InChI is InChI=1S/C24H23N/c1-4-11-20(5-2)12-10-15-23(6-3)25-24-18-16-22(17-19-24)21-13-8-7-9-14-21/h4-19,25H,1-3H2/b12-10+,20-11+,23-15+. The lowest BCUT2D eigenvalue weighted by Gasteiger charge is -2.08. The molecule has 0 unspecified atom stereocenters. The summed E-state index contributed by atoms with van der Waals surface area (Å²) in [5.74, 6) is 0. The Labute approximate surface area is 150 Å². The fourth-order valence-electron chi connectivity index (χ4n) is 2.29. The predicted molar refractivity (Wildman–Crippen MR) is 111 cm³/mol. The summed E-state index contributed by atoms with van der Waals surface area (Å²) in [5.41, 5.74) is 5.35. The smallest absolute Gasteiger partial charge is 0.0384 e. The van der Waals surface area contributed by atoms with Crippen LogP contribution in [-0.4, -0.2) is 0 Å². The van der Waals surface area contributed by atoms with Gasteiger partial charge >= 0.3 is 0 Å². The second-order valence-corrected chi connectivity index (χ2v) is 5.36. The molecular formula is C24H23N. The van der Waals surface area contributed by atoms with E-state index in [1.807, 2.05) is 42.5 Å². The first-order chi connectivity index (χ1) is 12.3. The van der Waals surface area contributed by atoms with E-state index in [0.29, 0.717) is 0 Å². The van der Waals surface area contributed by atoms with E-state index in [1.54, 1.807) is 18.2 Å². The van der Waals surface area contributed by atoms with Crippen molar-refractivity contribution in [3.05, 3.63) is 128 Å². The highest BCUT2D eigenvalue weighted by molar-refractivity contribution is 5.66. The van der Waals surface area contributed by atoms with Crippen LogP contribution in [0.4, 0.5) is 5.69 Å². The van der Waals surface area contributed by atoms with Gasteiger partial charge in [-0.1, -0.05) is 92.6 Å². The number of anilines is 1. The first-order valence-corrected chi connectivity index (χ1v) is 8.15. The third kappa shape index (κ3) is 5.67. The minimum absolute atomic E-state index is 0.922. The Morgan fingerprint density at radius 2 is 1.44 bits per heavy atom. The van der Waals surface area contributed by atoms with Gasteiger partial charge in [-0.2, -0.15) is 0 Å². The van der Waals surface area contributed by atoms with Gasteiger partial charge in [-0.25, -0.2) is 0 Å². The molecule has 0 aliphatic carbocycles. The van der Waals surface area contributed by atoms with Crippen LogP contribution in [0.2, 0.25) is 0 Å². The van der Waals surface area contributed by atoms with Crippen LogP contribution in [-0.2, 0) is 0 Å². The van der Waals surface area contributed by atoms with E-state index >= 15 is 0 Å². The SMILES string of the molecule is C=C/C=C(C=C)/C=C/C=C(\C=C)Nc1ccc(-c2ccccc2)cc1. The topological polar surface area (TPSA) is 12.0 Å². The van der Waals surface area contributed by atoms with Gasteiger partial charge in [0.25, 0.3) is 0 Å². The monoisotopic (exact) mass is 325 g/mol. The zero-order valence-corrected chi connectivity index (χ0v) is 14.4. The van der Waals surface area contributed by atoms with Gasteiger partial charge in [0.2, 0.25) is 0 Å². The number of nitrogens with one attached hydrogen (secondary N) is 1. The van der Waals surface area contributed by atoms with Crippen molar-refractivity contribution >= 4 is 5.69 Å². The fraction of sp³-hybridized carbons (Fsp3) is 0. The molecule has 0 aliphatic heterocycles. The van der Waals surface area contributed by atoms with Gasteiger partial charge in [0.15, 0.2) is 0 Å². The number of hydrogen-bond acceptors (Lipinski definition) is 1. The maximum atomic E-state index is 3.86. The number of benzene rings is 2. The first kappa shape index (κ1) is 18.0. The summed E-state index contributed by atoms with van der Waals surface area (Å²) >= 11 is 0. The minimum atomic E-state index is 0.922. The molecule has 1 heteroatoms. The van der Waals surface area contributed by atoms with Crippen molar-refractivity contribution < 1.29 is 0 Å². The van der Waals surface area contributed by atoms with Crippen LogP contribution >= 0.6 is 0 Å². The molecule has 0 aromatic heterocycles. The Morgan fingerprint density at radius 1 is 0.760 bits per heavy atom. The lowest BCUT2D eigenvalue weighted by atomic mass is 10.1. The lowest BCUT2D eigenvalue weighted by Crippen LogP contribution is -1.95. The molecule has 0 aliphatic rings. The van der Waals surface area contributed by atoms with Crippen molar-refractivity contribution in [1.82, 2.24) is 0 Å². The molecular weight excluding hydrogens is 302 g/mol. The maximum Gasteiger partial charge on any atom is 0.0384 e. The van der Waals surface area contributed by atoms with Crippen LogP contribution in [0.3, 0.4) is 0 Å². The van der Waals surface area contributed by atoms with Crippen LogP contribution in [0.5, 0.6) is 0 Å². The molecule has 2 rings (SSSR count). The molecule has 0 saturated carbocycles. The fourth-order valence-corrected chi connectivity index (χ4v) is 2.29. The molecule has 0 saturated heterocycles. The molecule has 0 fully saturated rings. The summed E-state index contributed by atoms with van der Waals surface area (Å²) in [6.07, 6.45) is 13.1. The van der Waals surface area contributed by atoms with Gasteiger partial charge in [0, 0.05) is 11.4 Å². The summed E-state index contributed by atoms with van der Waals surface area (Å²) in [5, 5.41) is 3.36. The first-order valence-electron chi connectivity index (χ1n) is 8.15. The van der Waals surface area contributed by atoms with Gasteiger partial charge < -0.3 is 5.32 Å². The zero-order chi connectivity index (χ0) is 17.9. The quantitative estimate of drug-likeness (QED) is 0.533. The van der Waals surface area contributed by atoms with Crippen molar-refractivity contribution in [2.45, 2.75) is 0 Å². The van der Waals surface area contributed by atoms with Crippen LogP contribution < -0.4 is 5.32 Å². The molecule has 1 nitrogen and oxygen atoms in total. The molecule has 1 N–H and O–H groups in total. The van der Waals surface area contributed by atoms with Crippen molar-refractivity contribution in [3.8, 4) is 11.1 Å². The Hall–Kier alpha value is -3.32. The maximum absolute atomic E-state index is 3.86. The van der Waals surface area contributed by atoms with Crippen LogP contribution in [0.15, 0.2) is 128 Å². The van der Waals surface area contributed by atoms with Gasteiger partial charge in [-0.3, -0.25) is 0 Å². The van der Waals surface area contributed by atoms with Crippen molar-refractivity contribution in [3.63, 3.8) is 0 Å². The largest absolute Gasteiger partial charge is 0.356 e. The second kappa shape index (κ2) is 9.74. The van der Waals surface area contributed by atoms with E-state index < -0.39 is 0 Å². The predicted octanol–water partition coefficient (Wildman–Crippen LogP) is 6.69. The molecule has 0 bridgehead atoms.